The lowest BCUT2D eigenvalue weighted by Gasteiger charge is -2.25. The van der Waals surface area contributed by atoms with Gasteiger partial charge >= 0.3 is 0 Å². The molecule has 23 heavy (non-hydrogen) atoms. The van der Waals surface area contributed by atoms with Crippen LogP contribution in [-0.2, 0) is 30.0 Å². The molecule has 3 heterocycles. The molecule has 9 heteroatoms. The predicted molar refractivity (Wildman–Crippen MR) is 84.5 cm³/mol. The third kappa shape index (κ3) is 3.02. The second-order valence-electron chi connectivity index (χ2n) is 6.33. The predicted octanol–water partition coefficient (Wildman–Crippen LogP) is 0.737. The van der Waals surface area contributed by atoms with Crippen LogP contribution >= 0.6 is 0 Å². The molecule has 2 aromatic heterocycles. The lowest BCUT2D eigenvalue weighted by atomic mass is 10.1. The van der Waals surface area contributed by atoms with E-state index < -0.39 is 10.0 Å². The molecule has 0 spiro atoms. The molecular weight excluding hydrogens is 316 g/mol. The lowest BCUT2D eigenvalue weighted by molar-refractivity contribution is 0.409. The zero-order chi connectivity index (χ0) is 16.8. The van der Waals surface area contributed by atoms with Crippen LogP contribution in [0.3, 0.4) is 0 Å². The second kappa shape index (κ2) is 5.72. The number of sulfonamides is 1. The molecule has 0 saturated carbocycles. The molecule has 1 N–H and O–H groups in total. The zero-order valence-electron chi connectivity index (χ0n) is 13.8. The van der Waals surface area contributed by atoms with Gasteiger partial charge in [-0.15, -0.1) is 10.2 Å². The van der Waals surface area contributed by atoms with E-state index in [-0.39, 0.29) is 17.0 Å². The Morgan fingerprint density at radius 2 is 2.09 bits per heavy atom. The van der Waals surface area contributed by atoms with Crippen molar-refractivity contribution in [2.75, 3.05) is 0 Å². The van der Waals surface area contributed by atoms with Crippen molar-refractivity contribution in [3.8, 4) is 0 Å². The Bertz CT molecular complexity index is 801. The molecule has 1 aliphatic rings. The minimum absolute atomic E-state index is 0.0659. The van der Waals surface area contributed by atoms with Crippen LogP contribution in [-0.4, -0.2) is 38.8 Å². The summed E-state index contributed by atoms with van der Waals surface area (Å²) < 4.78 is 31.5. The highest BCUT2D eigenvalue weighted by Gasteiger charge is 2.28. The van der Waals surface area contributed by atoms with Crippen molar-refractivity contribution in [2.45, 2.75) is 57.1 Å². The summed E-state index contributed by atoms with van der Waals surface area (Å²) in [4.78, 5) is 4.11. The summed E-state index contributed by atoms with van der Waals surface area (Å²) in [5, 5.41) is 8.49. The number of hydrogen-bond donors (Lipinski definition) is 1. The number of aryl methyl sites for hydroxylation is 3. The topological polar surface area (TPSA) is 94.7 Å². The maximum Gasteiger partial charge on any atom is 0.259 e. The van der Waals surface area contributed by atoms with E-state index in [4.69, 9.17) is 0 Å². The van der Waals surface area contributed by atoms with Gasteiger partial charge in [0.1, 0.15) is 17.5 Å². The number of rotatable bonds is 4. The number of aromatic nitrogens is 5. The van der Waals surface area contributed by atoms with Gasteiger partial charge in [-0.2, -0.15) is 0 Å². The third-order valence-electron chi connectivity index (χ3n) is 4.18. The van der Waals surface area contributed by atoms with Crippen molar-refractivity contribution in [1.82, 2.24) is 29.0 Å². The quantitative estimate of drug-likeness (QED) is 0.887. The zero-order valence-corrected chi connectivity index (χ0v) is 14.6. The molecule has 0 saturated heterocycles. The van der Waals surface area contributed by atoms with E-state index in [1.807, 2.05) is 4.57 Å². The molecule has 0 bridgehead atoms. The molecule has 2 aromatic rings. The van der Waals surface area contributed by atoms with Crippen molar-refractivity contribution in [3.05, 3.63) is 23.7 Å². The molecule has 1 aliphatic heterocycles. The Hall–Kier alpha value is -1.74. The Labute approximate surface area is 136 Å². The molecule has 0 amide bonds. The van der Waals surface area contributed by atoms with E-state index in [0.29, 0.717) is 25.2 Å². The maximum absolute atomic E-state index is 12.5. The van der Waals surface area contributed by atoms with Gasteiger partial charge in [0, 0.05) is 38.2 Å². The summed E-state index contributed by atoms with van der Waals surface area (Å²) in [6.45, 7) is 6.45. The first-order chi connectivity index (χ1) is 10.8. The van der Waals surface area contributed by atoms with E-state index >= 15 is 0 Å². The summed E-state index contributed by atoms with van der Waals surface area (Å²) >= 11 is 0. The average Bonchev–Trinajstić information content (AvgIpc) is 3.03. The summed E-state index contributed by atoms with van der Waals surface area (Å²) in [6, 6.07) is -0.177. The Morgan fingerprint density at radius 3 is 2.70 bits per heavy atom. The van der Waals surface area contributed by atoms with Gasteiger partial charge in [-0.25, -0.2) is 18.1 Å². The lowest BCUT2D eigenvalue weighted by Crippen LogP contribution is -2.41. The van der Waals surface area contributed by atoms with Crippen LogP contribution < -0.4 is 4.72 Å². The monoisotopic (exact) mass is 338 g/mol. The van der Waals surface area contributed by atoms with Gasteiger partial charge in [-0.3, -0.25) is 0 Å². The SMILES string of the molecule is Cc1nc(S(=O)(=O)NC2CCc3nnc(C(C)C)n3C2)cn1C. The Morgan fingerprint density at radius 1 is 1.35 bits per heavy atom. The Balaban J connectivity index is 1.80. The fourth-order valence-corrected chi connectivity index (χ4v) is 4.11. The first-order valence-corrected chi connectivity index (χ1v) is 9.20. The average molecular weight is 338 g/mol. The number of hydrogen-bond acceptors (Lipinski definition) is 5. The highest BCUT2D eigenvalue weighted by molar-refractivity contribution is 7.89. The van der Waals surface area contributed by atoms with E-state index in [1.54, 1.807) is 18.5 Å². The summed E-state index contributed by atoms with van der Waals surface area (Å²) in [6.07, 6.45) is 2.96. The highest BCUT2D eigenvalue weighted by atomic mass is 32.2. The van der Waals surface area contributed by atoms with Crippen LogP contribution in [0.25, 0.3) is 0 Å². The first kappa shape index (κ1) is 16.1. The number of fused-ring (bicyclic) bond motifs is 1. The molecule has 0 aromatic carbocycles. The summed E-state index contributed by atoms with van der Waals surface area (Å²) in [5.74, 6) is 2.75. The maximum atomic E-state index is 12.5. The van der Waals surface area contributed by atoms with Gasteiger partial charge in [0.2, 0.25) is 0 Å². The largest absolute Gasteiger partial charge is 0.337 e. The standard InChI is InChI=1S/C14H22N6O2S/c1-9(2)14-17-16-12-6-5-11(7-20(12)14)18-23(21,22)13-8-19(4)10(3)15-13/h8-9,11,18H,5-7H2,1-4H3. The molecule has 1 unspecified atom stereocenters. The fraction of sp³-hybridized carbons (Fsp3) is 0.643. The van der Waals surface area contributed by atoms with Crippen LogP contribution in [0.1, 0.15) is 43.7 Å². The van der Waals surface area contributed by atoms with E-state index in [0.717, 1.165) is 11.6 Å². The van der Waals surface area contributed by atoms with Gasteiger partial charge in [-0.05, 0) is 13.3 Å². The smallest absolute Gasteiger partial charge is 0.259 e. The van der Waals surface area contributed by atoms with Gasteiger partial charge in [0.25, 0.3) is 10.0 Å². The van der Waals surface area contributed by atoms with Crippen molar-refractivity contribution < 1.29 is 8.42 Å². The minimum Gasteiger partial charge on any atom is -0.337 e. The van der Waals surface area contributed by atoms with E-state index in [9.17, 15) is 8.42 Å². The third-order valence-corrected chi connectivity index (χ3v) is 5.57. The van der Waals surface area contributed by atoms with Crippen LogP contribution in [0.15, 0.2) is 11.2 Å². The van der Waals surface area contributed by atoms with Crippen LogP contribution in [0, 0.1) is 6.92 Å². The van der Waals surface area contributed by atoms with Gasteiger partial charge in [0.15, 0.2) is 5.03 Å². The molecule has 8 nitrogen and oxygen atoms in total. The van der Waals surface area contributed by atoms with Crippen molar-refractivity contribution >= 4 is 10.0 Å². The van der Waals surface area contributed by atoms with Gasteiger partial charge in [0.05, 0.1) is 0 Å². The highest BCUT2D eigenvalue weighted by Crippen LogP contribution is 2.21. The van der Waals surface area contributed by atoms with Crippen LogP contribution in [0.2, 0.25) is 0 Å². The van der Waals surface area contributed by atoms with E-state index in [1.165, 1.54) is 6.20 Å². The van der Waals surface area contributed by atoms with Crippen molar-refractivity contribution in [2.24, 2.45) is 7.05 Å². The summed E-state index contributed by atoms with van der Waals surface area (Å²) in [7, 11) is -1.84. The van der Waals surface area contributed by atoms with Crippen LogP contribution in [0.5, 0.6) is 0 Å². The van der Waals surface area contributed by atoms with E-state index in [2.05, 4.69) is 33.8 Å². The second-order valence-corrected chi connectivity index (χ2v) is 7.99. The number of nitrogens with one attached hydrogen (secondary N) is 1. The molecule has 1 atom stereocenters. The minimum atomic E-state index is -3.62. The molecule has 126 valence electrons. The van der Waals surface area contributed by atoms with Gasteiger partial charge < -0.3 is 9.13 Å². The molecule has 0 fully saturated rings. The number of imidazole rings is 1. The van der Waals surface area contributed by atoms with Crippen molar-refractivity contribution in [3.63, 3.8) is 0 Å². The molecule has 0 aliphatic carbocycles. The summed E-state index contributed by atoms with van der Waals surface area (Å²) in [5.41, 5.74) is 0. The van der Waals surface area contributed by atoms with Crippen molar-refractivity contribution in [1.29, 1.82) is 0 Å². The fourth-order valence-electron chi connectivity index (χ4n) is 2.81. The molecule has 3 rings (SSSR count). The van der Waals surface area contributed by atoms with Crippen LogP contribution in [0.4, 0.5) is 0 Å². The number of nitrogens with zero attached hydrogens (tertiary/aromatic N) is 5. The Kier molecular flexibility index (Phi) is 4.01. The van der Waals surface area contributed by atoms with Gasteiger partial charge in [-0.1, -0.05) is 13.8 Å². The normalized spacial score (nSPS) is 18.4. The molecular formula is C14H22N6O2S. The molecule has 0 radical (unpaired) electrons. The first-order valence-electron chi connectivity index (χ1n) is 7.72.